The van der Waals surface area contributed by atoms with E-state index in [9.17, 15) is 8.42 Å². The van der Waals surface area contributed by atoms with Crippen LogP contribution >= 0.6 is 0 Å². The minimum absolute atomic E-state index is 0.156. The molecular weight excluding hydrogens is 366 g/mol. The van der Waals surface area contributed by atoms with Crippen LogP contribution in [-0.4, -0.2) is 54.1 Å². The molecule has 0 saturated carbocycles. The number of fused-ring (bicyclic) bond motifs is 1. The predicted octanol–water partition coefficient (Wildman–Crippen LogP) is 0.161. The Balaban J connectivity index is 1.49. The maximum Gasteiger partial charge on any atom is 0.211 e. The van der Waals surface area contributed by atoms with Gasteiger partial charge < -0.3 is 10.6 Å². The Hall–Kier alpha value is -2.43. The molecule has 1 saturated heterocycles. The van der Waals surface area contributed by atoms with Crippen molar-refractivity contribution in [3.8, 4) is 0 Å². The monoisotopic (exact) mass is 389 g/mol. The lowest BCUT2D eigenvalue weighted by Gasteiger charge is -2.34. The summed E-state index contributed by atoms with van der Waals surface area (Å²) < 4.78 is 24.8. The highest BCUT2D eigenvalue weighted by Crippen LogP contribution is 2.23. The highest BCUT2D eigenvalue weighted by atomic mass is 32.2. The van der Waals surface area contributed by atoms with Crippen LogP contribution in [0.2, 0.25) is 0 Å². The van der Waals surface area contributed by atoms with Crippen molar-refractivity contribution >= 4 is 26.8 Å². The van der Waals surface area contributed by atoms with Gasteiger partial charge in [0, 0.05) is 36.3 Å². The molecule has 0 bridgehead atoms. The number of piperidine rings is 1. The summed E-state index contributed by atoms with van der Waals surface area (Å²) in [5, 5.41) is 14.5. The van der Waals surface area contributed by atoms with Gasteiger partial charge in [0.15, 0.2) is 0 Å². The van der Waals surface area contributed by atoms with Crippen molar-refractivity contribution in [1.29, 1.82) is 0 Å². The van der Waals surface area contributed by atoms with Gasteiger partial charge in [0.1, 0.15) is 5.84 Å². The molecule has 1 aromatic heterocycles. The van der Waals surface area contributed by atoms with E-state index in [2.05, 4.69) is 25.8 Å². The second-order valence-electron chi connectivity index (χ2n) is 6.99. The first-order valence-corrected chi connectivity index (χ1v) is 10.7. The largest absolute Gasteiger partial charge is 0.367 e. The van der Waals surface area contributed by atoms with E-state index < -0.39 is 15.8 Å². The highest BCUT2D eigenvalue weighted by molar-refractivity contribution is 7.88. The third kappa shape index (κ3) is 3.68. The quantitative estimate of drug-likeness (QED) is 0.592. The van der Waals surface area contributed by atoms with Gasteiger partial charge >= 0.3 is 0 Å². The maximum absolute atomic E-state index is 11.6. The first kappa shape index (κ1) is 18.0. The summed E-state index contributed by atoms with van der Waals surface area (Å²) >= 11 is 0. The van der Waals surface area contributed by atoms with E-state index in [0.29, 0.717) is 18.9 Å². The number of aromatic amines is 1. The zero-order valence-electron chi connectivity index (χ0n) is 15.0. The van der Waals surface area contributed by atoms with Crippen molar-refractivity contribution in [2.24, 2.45) is 10.7 Å². The van der Waals surface area contributed by atoms with Gasteiger partial charge in [0.2, 0.25) is 15.8 Å². The molecule has 2 aliphatic rings. The molecule has 0 radical (unpaired) electrons. The second-order valence-corrected chi connectivity index (χ2v) is 8.98. The first-order chi connectivity index (χ1) is 12.8. The lowest BCUT2D eigenvalue weighted by molar-refractivity contribution is 0.307. The minimum atomic E-state index is -3.13. The average molecular weight is 389 g/mol. The van der Waals surface area contributed by atoms with E-state index in [-0.39, 0.29) is 6.04 Å². The summed E-state index contributed by atoms with van der Waals surface area (Å²) in [6.45, 7) is 1.02. The smallest absolute Gasteiger partial charge is 0.211 e. The summed E-state index contributed by atoms with van der Waals surface area (Å²) in [7, 11) is -3.13. The van der Waals surface area contributed by atoms with E-state index in [1.165, 1.54) is 10.6 Å². The average Bonchev–Trinajstić information content (AvgIpc) is 3.09. The van der Waals surface area contributed by atoms with Gasteiger partial charge in [0.05, 0.1) is 18.0 Å². The van der Waals surface area contributed by atoms with Crippen LogP contribution in [0, 0.1) is 0 Å². The van der Waals surface area contributed by atoms with Crippen LogP contribution in [-0.2, 0) is 15.8 Å². The Kier molecular flexibility index (Phi) is 4.41. The van der Waals surface area contributed by atoms with Crippen molar-refractivity contribution in [3.05, 3.63) is 42.2 Å². The third-order valence-corrected chi connectivity index (χ3v) is 6.30. The summed E-state index contributed by atoms with van der Waals surface area (Å²) in [5.74, 6) is -0.400. The van der Waals surface area contributed by atoms with Crippen LogP contribution in [0.3, 0.4) is 0 Å². The van der Waals surface area contributed by atoms with Gasteiger partial charge in [-0.3, -0.25) is 10.8 Å². The van der Waals surface area contributed by atoms with Gasteiger partial charge in [-0.1, -0.05) is 12.1 Å². The molecule has 2 aromatic rings. The Morgan fingerprint density at radius 2 is 2.11 bits per heavy atom. The number of nitrogens with zero attached hydrogens (tertiary/aromatic N) is 3. The van der Waals surface area contributed by atoms with Crippen molar-refractivity contribution in [2.75, 3.05) is 19.3 Å². The number of H-pyrrole nitrogens is 1. The van der Waals surface area contributed by atoms with Crippen LogP contribution in [0.5, 0.6) is 0 Å². The number of aromatic nitrogens is 2. The summed E-state index contributed by atoms with van der Waals surface area (Å²) in [5.41, 5.74) is 8.21. The van der Waals surface area contributed by atoms with Crippen molar-refractivity contribution in [2.45, 2.75) is 24.7 Å². The molecule has 3 heterocycles. The fraction of sp³-hybridized carbons (Fsp3) is 0.412. The van der Waals surface area contributed by atoms with Crippen LogP contribution < -0.4 is 16.4 Å². The fourth-order valence-corrected chi connectivity index (χ4v) is 4.32. The molecule has 0 aliphatic carbocycles. The normalized spacial score (nSPS) is 24.6. The second kappa shape index (κ2) is 6.63. The number of nitrogens with one attached hydrogen (secondary N) is 3. The van der Waals surface area contributed by atoms with Gasteiger partial charge in [-0.2, -0.15) is 5.10 Å². The lowest BCUT2D eigenvalue weighted by atomic mass is 10.1. The van der Waals surface area contributed by atoms with Crippen LogP contribution in [0.25, 0.3) is 10.9 Å². The van der Waals surface area contributed by atoms with Crippen molar-refractivity contribution in [1.82, 2.24) is 25.1 Å². The molecule has 4 rings (SSSR count). The van der Waals surface area contributed by atoms with E-state index >= 15 is 0 Å². The molecule has 1 unspecified atom stereocenters. The number of hydrogen-bond acceptors (Lipinski definition) is 7. The summed E-state index contributed by atoms with van der Waals surface area (Å²) in [6.07, 6.45) is 8.08. The topological polar surface area (TPSA) is 128 Å². The Morgan fingerprint density at radius 3 is 2.85 bits per heavy atom. The number of benzene rings is 1. The standard InChI is InChI=1S/C17H23N7O2S/c1-27(25,26)24-8-5-14(6-9-24)21-16-4-7-19-17(18,22-16)13-3-2-12-11-20-23-15(12)10-13/h2-4,7,10-11,14,19H,5-6,8-9,18H2,1H3,(H,20,23)(H,21,22). The first-order valence-electron chi connectivity index (χ1n) is 8.82. The Bertz CT molecular complexity index is 1010. The predicted molar refractivity (Wildman–Crippen MR) is 104 cm³/mol. The molecule has 5 N–H and O–H groups in total. The fourth-order valence-electron chi connectivity index (χ4n) is 3.45. The third-order valence-electron chi connectivity index (χ3n) is 5.00. The Labute approximate surface area is 157 Å². The van der Waals surface area contributed by atoms with Crippen molar-refractivity contribution < 1.29 is 8.42 Å². The molecule has 1 fully saturated rings. The van der Waals surface area contributed by atoms with Gasteiger partial charge in [-0.05, 0) is 25.0 Å². The maximum atomic E-state index is 11.6. The number of hydrogen-bond donors (Lipinski definition) is 4. The molecule has 0 amide bonds. The lowest BCUT2D eigenvalue weighted by Crippen LogP contribution is -2.52. The number of nitrogens with two attached hydrogens (primary N) is 1. The number of rotatable bonds is 3. The zero-order valence-corrected chi connectivity index (χ0v) is 15.8. The molecule has 1 aromatic carbocycles. The molecule has 144 valence electrons. The van der Waals surface area contributed by atoms with Crippen LogP contribution in [0.4, 0.5) is 0 Å². The Morgan fingerprint density at radius 1 is 1.33 bits per heavy atom. The van der Waals surface area contributed by atoms with E-state index in [1.807, 2.05) is 24.3 Å². The van der Waals surface area contributed by atoms with Gasteiger partial charge in [-0.15, -0.1) is 0 Å². The molecule has 1 atom stereocenters. The molecule has 27 heavy (non-hydrogen) atoms. The number of aliphatic imine (C=N–C) groups is 1. The van der Waals surface area contributed by atoms with E-state index in [4.69, 9.17) is 5.73 Å². The molecule has 10 heteroatoms. The van der Waals surface area contributed by atoms with Crippen LogP contribution in [0.1, 0.15) is 18.4 Å². The van der Waals surface area contributed by atoms with Gasteiger partial charge in [0.25, 0.3) is 0 Å². The number of amidine groups is 1. The highest BCUT2D eigenvalue weighted by Gasteiger charge is 2.30. The molecule has 2 aliphatic heterocycles. The van der Waals surface area contributed by atoms with Gasteiger partial charge in [-0.25, -0.2) is 17.7 Å². The number of sulfonamides is 1. The SMILES string of the molecule is CS(=O)(=O)N1CCC(NC2=NC(N)(c3ccc4cn[nH]c4c3)NC=C2)CC1. The van der Waals surface area contributed by atoms with Crippen LogP contribution in [0.15, 0.2) is 41.7 Å². The summed E-state index contributed by atoms with van der Waals surface area (Å²) in [4.78, 5) is 4.66. The molecule has 0 spiro atoms. The zero-order chi connectivity index (χ0) is 19.1. The molecule has 9 nitrogen and oxygen atoms in total. The minimum Gasteiger partial charge on any atom is -0.367 e. The summed E-state index contributed by atoms with van der Waals surface area (Å²) in [6, 6.07) is 5.96. The van der Waals surface area contributed by atoms with E-state index in [1.54, 1.807) is 12.4 Å². The van der Waals surface area contributed by atoms with Crippen molar-refractivity contribution in [3.63, 3.8) is 0 Å². The molecular formula is C17H23N7O2S. The van der Waals surface area contributed by atoms with E-state index in [0.717, 1.165) is 29.3 Å².